The minimum atomic E-state index is -4.95. The number of nitrogens with zero attached hydrogens (tertiary/aromatic N) is 3. The molecule has 0 saturated carbocycles. The van der Waals surface area contributed by atoms with Crippen molar-refractivity contribution in [2.45, 2.75) is 71.0 Å². The molecule has 0 radical (unpaired) electrons. The van der Waals surface area contributed by atoms with Gasteiger partial charge in [-0.3, -0.25) is 9.59 Å². The number of hydrogen-bond donors (Lipinski definition) is 0. The van der Waals surface area contributed by atoms with Gasteiger partial charge in [0.2, 0.25) is 0 Å². The summed E-state index contributed by atoms with van der Waals surface area (Å²) < 4.78 is 68.3. The molecule has 0 aliphatic rings. The van der Waals surface area contributed by atoms with Crippen LogP contribution in [0.4, 0.5) is 17.6 Å². The van der Waals surface area contributed by atoms with E-state index in [9.17, 15) is 27.2 Å². The lowest BCUT2D eigenvalue weighted by Gasteiger charge is -2.19. The lowest BCUT2D eigenvalue weighted by molar-refractivity contribution is -0.141. The van der Waals surface area contributed by atoms with E-state index in [2.05, 4.69) is 40.7 Å². The molecule has 2 aromatic heterocycles. The van der Waals surface area contributed by atoms with Crippen molar-refractivity contribution < 1.29 is 27.0 Å². The van der Waals surface area contributed by atoms with Crippen LogP contribution in [0.15, 0.2) is 44.7 Å². The highest BCUT2D eigenvalue weighted by atomic mass is 79.9. The largest absolute Gasteiger partial charge is 0.488 e. The number of ether oxygens (including phenoxy) is 2. The van der Waals surface area contributed by atoms with Crippen molar-refractivity contribution in [3.8, 4) is 5.75 Å². The SMILES string of the molecule is CC(CCCn1ccc2cc(Br)c(F)cc2c1=O)Oc1cnn(COCC[Si](C)(C)C)c(=O)c1C(F)(F)F. The number of alkyl halides is 3. The van der Waals surface area contributed by atoms with Crippen LogP contribution in [0.3, 0.4) is 0 Å². The van der Waals surface area contributed by atoms with Crippen LogP contribution < -0.4 is 15.9 Å². The number of benzene rings is 1. The van der Waals surface area contributed by atoms with Crippen LogP contribution in [-0.2, 0) is 24.2 Å². The standard InChI is InChI=1S/C25H30BrF4N3O4Si/c1-16(6-5-8-32-9-7-17-12-19(26)20(27)13-18(17)23(32)34)37-21-14-31-33(15-36-10-11-38(2,3)4)24(35)22(21)25(28,29)30/h7,9,12-14,16H,5-6,8,10-11,15H2,1-4H3. The number of pyridine rings is 1. The van der Waals surface area contributed by atoms with Crippen molar-refractivity contribution >= 4 is 34.8 Å². The van der Waals surface area contributed by atoms with Gasteiger partial charge in [-0.15, -0.1) is 0 Å². The highest BCUT2D eigenvalue weighted by Gasteiger charge is 2.39. The highest BCUT2D eigenvalue weighted by Crippen LogP contribution is 2.33. The number of aromatic nitrogens is 3. The van der Waals surface area contributed by atoms with Gasteiger partial charge < -0.3 is 14.0 Å². The van der Waals surface area contributed by atoms with Gasteiger partial charge in [0.15, 0.2) is 11.3 Å². The monoisotopic (exact) mass is 619 g/mol. The molecule has 38 heavy (non-hydrogen) atoms. The number of fused-ring (bicyclic) bond motifs is 1. The average Bonchev–Trinajstić information content (AvgIpc) is 2.79. The van der Waals surface area contributed by atoms with Crippen LogP contribution in [0.2, 0.25) is 25.7 Å². The van der Waals surface area contributed by atoms with Crippen LogP contribution in [0.1, 0.15) is 25.3 Å². The summed E-state index contributed by atoms with van der Waals surface area (Å²) in [6, 6.07) is 5.17. The Morgan fingerprint density at radius 1 is 1.16 bits per heavy atom. The summed E-state index contributed by atoms with van der Waals surface area (Å²) in [5, 5.41) is 4.62. The molecule has 3 aromatic rings. The number of rotatable bonds is 11. The predicted octanol–water partition coefficient (Wildman–Crippen LogP) is 6.04. The second-order valence-corrected chi connectivity index (χ2v) is 16.7. The molecular formula is C25H30BrF4N3O4Si. The van der Waals surface area contributed by atoms with Gasteiger partial charge in [-0.05, 0) is 65.3 Å². The van der Waals surface area contributed by atoms with Gasteiger partial charge >= 0.3 is 6.18 Å². The summed E-state index contributed by atoms with van der Waals surface area (Å²) in [5.41, 5.74) is -3.15. The van der Waals surface area contributed by atoms with Crippen LogP contribution in [0.5, 0.6) is 5.75 Å². The molecule has 1 aromatic carbocycles. The number of hydrogen-bond acceptors (Lipinski definition) is 5. The Morgan fingerprint density at radius 3 is 2.53 bits per heavy atom. The zero-order chi connectivity index (χ0) is 28.3. The molecule has 2 heterocycles. The molecule has 0 fully saturated rings. The molecule has 7 nitrogen and oxygen atoms in total. The summed E-state index contributed by atoms with van der Waals surface area (Å²) in [4.78, 5) is 25.3. The van der Waals surface area contributed by atoms with Crippen LogP contribution >= 0.6 is 15.9 Å². The average molecular weight is 621 g/mol. The lowest BCUT2D eigenvalue weighted by atomic mass is 10.1. The van der Waals surface area contributed by atoms with Gasteiger partial charge in [-0.2, -0.15) is 18.3 Å². The van der Waals surface area contributed by atoms with Crippen molar-refractivity contribution in [3.63, 3.8) is 0 Å². The smallest absolute Gasteiger partial charge is 0.425 e. The molecule has 1 atom stereocenters. The number of halogens is 5. The molecule has 3 rings (SSSR count). The second-order valence-electron chi connectivity index (χ2n) is 10.3. The third-order valence-corrected chi connectivity index (χ3v) is 8.17. The van der Waals surface area contributed by atoms with Crippen LogP contribution in [0.25, 0.3) is 10.8 Å². The lowest BCUT2D eigenvalue weighted by Crippen LogP contribution is -2.33. The maximum absolute atomic E-state index is 13.9. The maximum Gasteiger partial charge on any atom is 0.425 e. The second kappa shape index (κ2) is 12.1. The van der Waals surface area contributed by atoms with E-state index in [-0.39, 0.29) is 28.7 Å². The summed E-state index contributed by atoms with van der Waals surface area (Å²) in [5.74, 6) is -1.21. The minimum Gasteiger partial charge on any atom is -0.488 e. The summed E-state index contributed by atoms with van der Waals surface area (Å²) >= 11 is 3.09. The summed E-state index contributed by atoms with van der Waals surface area (Å²) in [7, 11) is -1.40. The molecule has 0 saturated heterocycles. The van der Waals surface area contributed by atoms with E-state index in [1.165, 1.54) is 10.6 Å². The van der Waals surface area contributed by atoms with Crippen molar-refractivity contribution in [1.82, 2.24) is 14.3 Å². The Balaban J connectivity index is 1.66. The van der Waals surface area contributed by atoms with Gasteiger partial charge in [0, 0.05) is 27.4 Å². The Bertz CT molecular complexity index is 1400. The van der Waals surface area contributed by atoms with Crippen molar-refractivity contribution in [2.24, 2.45) is 0 Å². The molecule has 1 unspecified atom stereocenters. The first kappa shape index (κ1) is 30.0. The zero-order valence-electron chi connectivity index (χ0n) is 21.6. The predicted molar refractivity (Wildman–Crippen MR) is 143 cm³/mol. The van der Waals surface area contributed by atoms with E-state index in [1.807, 2.05) is 0 Å². The number of aryl methyl sites for hydroxylation is 1. The molecule has 0 bridgehead atoms. The Labute approximate surface area is 226 Å². The maximum atomic E-state index is 13.9. The van der Waals surface area contributed by atoms with Crippen molar-refractivity contribution in [3.05, 3.63) is 67.2 Å². The topological polar surface area (TPSA) is 75.3 Å². The molecular weight excluding hydrogens is 590 g/mol. The minimum absolute atomic E-state index is 0.225. The van der Waals surface area contributed by atoms with Crippen LogP contribution in [-0.4, -0.2) is 35.1 Å². The van der Waals surface area contributed by atoms with E-state index >= 15 is 0 Å². The van der Waals surface area contributed by atoms with E-state index in [4.69, 9.17) is 9.47 Å². The van der Waals surface area contributed by atoms with Crippen LogP contribution in [0, 0.1) is 5.82 Å². The first-order valence-electron chi connectivity index (χ1n) is 12.1. The summed E-state index contributed by atoms with van der Waals surface area (Å²) in [6.45, 7) is 8.17. The third-order valence-electron chi connectivity index (χ3n) is 5.86. The molecule has 13 heteroatoms. The molecule has 0 N–H and O–H groups in total. The molecule has 0 spiro atoms. The first-order chi connectivity index (χ1) is 17.7. The quantitative estimate of drug-likeness (QED) is 0.149. The van der Waals surface area contributed by atoms with Gasteiger partial charge in [0.25, 0.3) is 11.1 Å². The van der Waals surface area contributed by atoms with Gasteiger partial charge in [0.05, 0.1) is 22.2 Å². The molecule has 0 amide bonds. The first-order valence-corrected chi connectivity index (χ1v) is 16.6. The van der Waals surface area contributed by atoms with Crippen molar-refractivity contribution in [1.29, 1.82) is 0 Å². The van der Waals surface area contributed by atoms with Gasteiger partial charge in [-0.25, -0.2) is 9.07 Å². The zero-order valence-corrected chi connectivity index (χ0v) is 24.2. The van der Waals surface area contributed by atoms with E-state index < -0.39 is 43.0 Å². The Hall–Kier alpha value is -2.51. The summed E-state index contributed by atoms with van der Waals surface area (Å²) in [6.07, 6.45) is -2.51. The highest BCUT2D eigenvalue weighted by molar-refractivity contribution is 9.10. The van der Waals surface area contributed by atoms with E-state index in [0.29, 0.717) is 29.5 Å². The third kappa shape index (κ3) is 7.76. The van der Waals surface area contributed by atoms with E-state index in [1.54, 1.807) is 19.2 Å². The Morgan fingerprint density at radius 2 is 1.87 bits per heavy atom. The fourth-order valence-corrected chi connectivity index (χ4v) is 4.84. The molecule has 0 aliphatic carbocycles. The van der Waals surface area contributed by atoms with Crippen molar-refractivity contribution in [2.75, 3.05) is 6.61 Å². The normalized spacial score (nSPS) is 13.2. The van der Waals surface area contributed by atoms with Gasteiger partial charge in [-0.1, -0.05) is 19.6 Å². The van der Waals surface area contributed by atoms with Gasteiger partial charge in [0.1, 0.15) is 12.5 Å². The fraction of sp³-hybridized carbons (Fsp3) is 0.480. The fourth-order valence-electron chi connectivity index (χ4n) is 3.72. The van der Waals surface area contributed by atoms with E-state index in [0.717, 1.165) is 18.3 Å². The Kier molecular flexibility index (Phi) is 9.58. The molecule has 208 valence electrons. The molecule has 0 aliphatic heterocycles.